The van der Waals surface area contributed by atoms with Gasteiger partial charge in [-0.25, -0.2) is 0 Å². The van der Waals surface area contributed by atoms with Gasteiger partial charge >= 0.3 is 11.9 Å². The third-order valence-electron chi connectivity index (χ3n) is 9.36. The van der Waals surface area contributed by atoms with Gasteiger partial charge in [0.15, 0.2) is 0 Å². The molecule has 0 unspecified atom stereocenters. The van der Waals surface area contributed by atoms with E-state index >= 15 is 0 Å². The Morgan fingerprint density at radius 3 is 2.48 bits per heavy atom. The maximum absolute atomic E-state index is 13.2. The fraction of sp³-hybridized carbons (Fsp3) is 0.913. The van der Waals surface area contributed by atoms with Gasteiger partial charge in [0.1, 0.15) is 0 Å². The van der Waals surface area contributed by atoms with Crippen LogP contribution < -0.4 is 0 Å². The highest BCUT2D eigenvalue weighted by Gasteiger charge is 2.70. The monoisotopic (exact) mass is 408 g/mol. The molecule has 4 saturated carbocycles. The summed E-state index contributed by atoms with van der Waals surface area (Å²) in [7, 11) is 1.41. The number of fused-ring (bicyclic) bond motifs is 5. The minimum Gasteiger partial charge on any atom is -0.468 e. The third-order valence-corrected chi connectivity index (χ3v) is 9.36. The highest BCUT2D eigenvalue weighted by atomic mass is 16.5. The molecule has 6 nitrogen and oxygen atoms in total. The van der Waals surface area contributed by atoms with E-state index < -0.39 is 17.1 Å². The molecule has 0 radical (unpaired) electrons. The molecule has 8 atom stereocenters. The van der Waals surface area contributed by atoms with E-state index in [1.807, 2.05) is 6.92 Å². The molecule has 0 amide bonds. The van der Waals surface area contributed by atoms with Gasteiger partial charge < -0.3 is 19.7 Å². The van der Waals surface area contributed by atoms with Crippen molar-refractivity contribution in [2.45, 2.75) is 83.3 Å². The maximum Gasteiger partial charge on any atom is 0.315 e. The summed E-state index contributed by atoms with van der Waals surface area (Å²) in [6.07, 6.45) is 5.51. The van der Waals surface area contributed by atoms with Crippen LogP contribution in [-0.4, -0.2) is 47.6 Å². The Bertz CT molecular complexity index is 678. The largest absolute Gasteiger partial charge is 0.468 e. The van der Waals surface area contributed by atoms with Gasteiger partial charge in [-0.2, -0.15) is 0 Å². The highest BCUT2D eigenvalue weighted by molar-refractivity contribution is 5.79. The normalized spacial score (nSPS) is 48.8. The van der Waals surface area contributed by atoms with Gasteiger partial charge in [-0.3, -0.25) is 9.59 Å². The molecule has 2 N–H and O–H groups in total. The number of hydrogen-bond donors (Lipinski definition) is 2. The molecule has 0 saturated heterocycles. The average molecular weight is 409 g/mol. The van der Waals surface area contributed by atoms with E-state index in [0.29, 0.717) is 37.7 Å². The van der Waals surface area contributed by atoms with Crippen LogP contribution in [0.3, 0.4) is 0 Å². The first-order valence-corrected chi connectivity index (χ1v) is 11.4. The van der Waals surface area contributed by atoms with Gasteiger partial charge in [0.25, 0.3) is 0 Å². The summed E-state index contributed by atoms with van der Waals surface area (Å²) < 4.78 is 10.7. The number of esters is 2. The van der Waals surface area contributed by atoms with Gasteiger partial charge in [-0.1, -0.05) is 6.92 Å². The van der Waals surface area contributed by atoms with Crippen molar-refractivity contribution < 1.29 is 29.3 Å². The molecule has 0 heterocycles. The van der Waals surface area contributed by atoms with E-state index in [9.17, 15) is 19.8 Å². The Hall–Kier alpha value is -1.14. The first-order chi connectivity index (χ1) is 13.7. The van der Waals surface area contributed by atoms with Crippen LogP contribution in [0.15, 0.2) is 0 Å². The number of carbonyl (C=O) groups is 2. The minimum atomic E-state index is -1.20. The van der Waals surface area contributed by atoms with Gasteiger partial charge in [0.05, 0.1) is 36.8 Å². The Kier molecular flexibility index (Phi) is 5.26. The molecule has 4 aliphatic rings. The zero-order valence-corrected chi connectivity index (χ0v) is 18.0. The number of aliphatic hydroxyl groups is 2. The zero-order chi connectivity index (χ0) is 21.0. The quantitative estimate of drug-likeness (QED) is 0.698. The first-order valence-electron chi connectivity index (χ1n) is 11.4. The molecule has 0 bridgehead atoms. The molecule has 0 aliphatic heterocycles. The molecule has 0 aromatic rings. The van der Waals surface area contributed by atoms with Crippen LogP contribution in [0.2, 0.25) is 0 Å². The second-order valence-electron chi connectivity index (χ2n) is 10.2. The summed E-state index contributed by atoms with van der Waals surface area (Å²) >= 11 is 0. The van der Waals surface area contributed by atoms with Crippen molar-refractivity contribution in [3.05, 3.63) is 0 Å². The topological polar surface area (TPSA) is 93.1 Å². The molecule has 29 heavy (non-hydrogen) atoms. The van der Waals surface area contributed by atoms with Crippen LogP contribution in [0.4, 0.5) is 0 Å². The second kappa shape index (κ2) is 7.23. The number of methoxy groups -OCH3 is 1. The fourth-order valence-electron chi connectivity index (χ4n) is 8.12. The number of rotatable bonds is 3. The first kappa shape index (κ1) is 21.1. The predicted molar refractivity (Wildman–Crippen MR) is 106 cm³/mol. The summed E-state index contributed by atoms with van der Waals surface area (Å²) in [5.74, 6) is 0.227. The molecular weight excluding hydrogens is 372 g/mol. The van der Waals surface area contributed by atoms with E-state index in [4.69, 9.17) is 9.47 Å². The van der Waals surface area contributed by atoms with E-state index in [1.165, 1.54) is 7.11 Å². The fourth-order valence-corrected chi connectivity index (χ4v) is 8.12. The molecule has 6 heteroatoms. The van der Waals surface area contributed by atoms with E-state index in [-0.39, 0.29) is 35.6 Å². The third kappa shape index (κ3) is 2.81. The molecule has 4 fully saturated rings. The maximum atomic E-state index is 13.2. The summed E-state index contributed by atoms with van der Waals surface area (Å²) in [5, 5.41) is 21.9. The van der Waals surface area contributed by atoms with Crippen molar-refractivity contribution in [1.29, 1.82) is 0 Å². The van der Waals surface area contributed by atoms with Crippen LogP contribution in [0.1, 0.15) is 71.6 Å². The lowest BCUT2D eigenvalue weighted by Gasteiger charge is -2.63. The average Bonchev–Trinajstić information content (AvgIpc) is 3.04. The molecule has 0 aromatic heterocycles. The van der Waals surface area contributed by atoms with Gasteiger partial charge in [-0.15, -0.1) is 0 Å². The number of carbonyl (C=O) groups excluding carboxylic acids is 2. The van der Waals surface area contributed by atoms with E-state index in [0.717, 1.165) is 32.1 Å². The van der Waals surface area contributed by atoms with E-state index in [2.05, 4.69) is 6.92 Å². The molecular formula is C23H36O6. The van der Waals surface area contributed by atoms with Crippen molar-refractivity contribution in [3.8, 4) is 0 Å². The summed E-state index contributed by atoms with van der Waals surface area (Å²) in [5.41, 5.74) is -2.24. The lowest BCUT2D eigenvalue weighted by Crippen LogP contribution is -2.67. The van der Waals surface area contributed by atoms with Crippen molar-refractivity contribution in [2.24, 2.45) is 34.5 Å². The van der Waals surface area contributed by atoms with Crippen LogP contribution >= 0.6 is 0 Å². The summed E-state index contributed by atoms with van der Waals surface area (Å²) in [6, 6.07) is 0. The van der Waals surface area contributed by atoms with Gasteiger partial charge in [0, 0.05) is 6.42 Å². The number of aliphatic hydroxyl groups excluding tert-OH is 1. The minimum absolute atomic E-state index is 0.0419. The highest BCUT2D eigenvalue weighted by Crippen LogP contribution is 2.68. The van der Waals surface area contributed by atoms with Crippen LogP contribution in [-0.2, 0) is 19.1 Å². The summed E-state index contributed by atoms with van der Waals surface area (Å²) in [6.45, 7) is 4.49. The Balaban J connectivity index is 1.69. The number of ether oxygens (including phenoxy) is 2. The number of hydrogen-bond acceptors (Lipinski definition) is 6. The van der Waals surface area contributed by atoms with Crippen LogP contribution in [0, 0.1) is 34.5 Å². The Morgan fingerprint density at radius 1 is 1.03 bits per heavy atom. The SMILES string of the molecule is CCOC(=O)[C@@H]1CC[C@@H]2[C@@H]3CC[C@]4(O)C[C@H](O)CC[C@]4(C(=O)OC)[C@H]3CC[C@@]21C. The lowest BCUT2D eigenvalue weighted by atomic mass is 9.42. The molecule has 164 valence electrons. The van der Waals surface area contributed by atoms with Crippen LogP contribution in [0.25, 0.3) is 0 Å². The van der Waals surface area contributed by atoms with Crippen molar-refractivity contribution in [1.82, 2.24) is 0 Å². The van der Waals surface area contributed by atoms with Crippen molar-refractivity contribution >= 4 is 11.9 Å². The van der Waals surface area contributed by atoms with Crippen LogP contribution in [0.5, 0.6) is 0 Å². The lowest BCUT2D eigenvalue weighted by molar-refractivity contribution is -0.237. The van der Waals surface area contributed by atoms with Crippen molar-refractivity contribution in [2.75, 3.05) is 13.7 Å². The smallest absolute Gasteiger partial charge is 0.315 e. The molecule has 4 rings (SSSR count). The standard InChI is InChI=1S/C23H36O6/c1-4-29-19(25)18-6-5-16-15-8-11-22(27)13-14(24)7-12-23(22,20(26)28-3)17(15)9-10-21(16,18)2/h14-18,24,27H,4-13H2,1-3H3/t14-,15+,16-,17+,18+,21+,22+,23-/m1/s1. The van der Waals surface area contributed by atoms with Gasteiger partial charge in [0.2, 0.25) is 0 Å². The second-order valence-corrected chi connectivity index (χ2v) is 10.2. The predicted octanol–water partition coefficient (Wildman–Crippen LogP) is 2.84. The molecule has 0 aromatic carbocycles. The Labute approximate surface area is 173 Å². The summed E-state index contributed by atoms with van der Waals surface area (Å²) in [4.78, 5) is 25.8. The Morgan fingerprint density at radius 2 is 1.79 bits per heavy atom. The van der Waals surface area contributed by atoms with Gasteiger partial charge in [-0.05, 0) is 81.5 Å². The van der Waals surface area contributed by atoms with E-state index in [1.54, 1.807) is 0 Å². The molecule has 4 aliphatic carbocycles. The molecule has 0 spiro atoms. The van der Waals surface area contributed by atoms with Crippen molar-refractivity contribution in [3.63, 3.8) is 0 Å². The zero-order valence-electron chi connectivity index (χ0n) is 18.0.